The van der Waals surface area contributed by atoms with Crippen LogP contribution in [-0.4, -0.2) is 37.0 Å². The minimum Gasteiger partial charge on any atom is -0.399 e. The van der Waals surface area contributed by atoms with Crippen LogP contribution < -0.4 is 5.73 Å². The van der Waals surface area contributed by atoms with Crippen molar-refractivity contribution in [2.75, 3.05) is 18.9 Å². The Morgan fingerprint density at radius 3 is 2.58 bits per heavy atom. The van der Waals surface area contributed by atoms with Crippen LogP contribution in [0, 0.1) is 11.3 Å². The molecule has 1 aromatic rings. The Morgan fingerprint density at radius 1 is 1.47 bits per heavy atom. The molecule has 19 heavy (non-hydrogen) atoms. The Morgan fingerprint density at radius 2 is 2.11 bits per heavy atom. The van der Waals surface area contributed by atoms with Crippen molar-refractivity contribution in [1.82, 2.24) is 4.31 Å². The van der Waals surface area contributed by atoms with Crippen molar-refractivity contribution in [3.63, 3.8) is 0 Å². The van der Waals surface area contributed by atoms with Gasteiger partial charge in [-0.25, -0.2) is 8.42 Å². The number of aliphatic hydroxyl groups excluding tert-OH is 1. The fourth-order valence-electron chi connectivity index (χ4n) is 1.74. The molecule has 0 bridgehead atoms. The highest BCUT2D eigenvalue weighted by Gasteiger charge is 2.28. The Bertz CT molecular complexity index is 591. The summed E-state index contributed by atoms with van der Waals surface area (Å²) in [5.41, 5.74) is 5.87. The minimum absolute atomic E-state index is 0.00332. The van der Waals surface area contributed by atoms with E-state index in [4.69, 9.17) is 16.1 Å². The van der Waals surface area contributed by atoms with Gasteiger partial charge in [0.15, 0.2) is 0 Å². The van der Waals surface area contributed by atoms with Crippen LogP contribution in [-0.2, 0) is 10.0 Å². The largest absolute Gasteiger partial charge is 0.399 e. The lowest BCUT2D eigenvalue weighted by atomic mass is 10.2. The molecule has 0 saturated heterocycles. The van der Waals surface area contributed by atoms with Gasteiger partial charge in [0.1, 0.15) is 11.0 Å². The smallest absolute Gasteiger partial charge is 0.244 e. The molecule has 104 valence electrons. The van der Waals surface area contributed by atoms with E-state index in [1.54, 1.807) is 13.8 Å². The first kappa shape index (κ1) is 15.4. The van der Waals surface area contributed by atoms with Gasteiger partial charge in [-0.05, 0) is 32.0 Å². The molecule has 0 heterocycles. The van der Waals surface area contributed by atoms with Crippen LogP contribution in [0.4, 0.5) is 5.69 Å². The van der Waals surface area contributed by atoms with Crippen LogP contribution in [0.3, 0.4) is 0 Å². The Labute approximate surface area is 113 Å². The maximum Gasteiger partial charge on any atom is 0.244 e. The molecule has 0 fully saturated rings. The molecule has 6 nitrogen and oxygen atoms in total. The van der Waals surface area contributed by atoms with Crippen molar-refractivity contribution in [3.8, 4) is 6.07 Å². The molecule has 3 N–H and O–H groups in total. The van der Waals surface area contributed by atoms with Crippen molar-refractivity contribution < 1.29 is 13.5 Å². The van der Waals surface area contributed by atoms with E-state index in [1.165, 1.54) is 18.2 Å². The van der Waals surface area contributed by atoms with E-state index in [0.717, 1.165) is 4.31 Å². The van der Waals surface area contributed by atoms with Gasteiger partial charge in [0.2, 0.25) is 10.0 Å². The standard InChI is InChI=1S/C12H17N3O3S/c1-9(2)15(5-6-16)19(17,18)12-4-3-11(14)7-10(12)8-13/h3-4,7,9,16H,5-6,14H2,1-2H3. The Balaban J connectivity index is 3.38. The van der Waals surface area contributed by atoms with Gasteiger partial charge in [-0.15, -0.1) is 0 Å². The first-order chi connectivity index (χ1) is 8.84. The average molecular weight is 283 g/mol. The highest BCUT2D eigenvalue weighted by Crippen LogP contribution is 2.23. The molecule has 1 aromatic carbocycles. The summed E-state index contributed by atoms with van der Waals surface area (Å²) in [6.07, 6.45) is 0. The maximum absolute atomic E-state index is 12.5. The molecule has 0 spiro atoms. The number of anilines is 1. The molecule has 0 aliphatic carbocycles. The van der Waals surface area contributed by atoms with E-state index in [1.807, 2.05) is 6.07 Å². The number of hydrogen-bond acceptors (Lipinski definition) is 5. The summed E-state index contributed by atoms with van der Waals surface area (Å²) in [5.74, 6) is 0. The Hall–Kier alpha value is -1.62. The minimum atomic E-state index is -3.83. The average Bonchev–Trinajstić information content (AvgIpc) is 2.34. The van der Waals surface area contributed by atoms with Gasteiger partial charge < -0.3 is 10.8 Å². The summed E-state index contributed by atoms with van der Waals surface area (Å²) in [6, 6.07) is 5.59. The van der Waals surface area contributed by atoms with Crippen LogP contribution in [0.25, 0.3) is 0 Å². The third-order valence-electron chi connectivity index (χ3n) is 2.61. The number of sulfonamides is 1. The summed E-state index contributed by atoms with van der Waals surface area (Å²) in [7, 11) is -3.83. The van der Waals surface area contributed by atoms with Crippen molar-refractivity contribution in [1.29, 1.82) is 5.26 Å². The number of nitrogen functional groups attached to an aromatic ring is 1. The van der Waals surface area contributed by atoms with Crippen molar-refractivity contribution in [3.05, 3.63) is 23.8 Å². The van der Waals surface area contributed by atoms with Crippen LogP contribution in [0.2, 0.25) is 0 Å². The molecular formula is C12H17N3O3S. The molecular weight excluding hydrogens is 266 g/mol. The van der Waals surface area contributed by atoms with Crippen molar-refractivity contribution >= 4 is 15.7 Å². The summed E-state index contributed by atoms with van der Waals surface area (Å²) in [6.45, 7) is 3.11. The third-order valence-corrected chi connectivity index (χ3v) is 4.74. The quantitative estimate of drug-likeness (QED) is 0.766. The second kappa shape index (κ2) is 6.02. The van der Waals surface area contributed by atoms with Crippen molar-refractivity contribution in [2.45, 2.75) is 24.8 Å². The highest BCUT2D eigenvalue weighted by molar-refractivity contribution is 7.89. The van der Waals surface area contributed by atoms with E-state index in [2.05, 4.69) is 0 Å². The van der Waals surface area contributed by atoms with Crippen LogP contribution in [0.15, 0.2) is 23.1 Å². The van der Waals surface area contributed by atoms with Gasteiger partial charge in [-0.3, -0.25) is 0 Å². The van der Waals surface area contributed by atoms with Crippen molar-refractivity contribution in [2.24, 2.45) is 0 Å². The van der Waals surface area contributed by atoms with E-state index in [-0.39, 0.29) is 29.7 Å². The van der Waals surface area contributed by atoms with Crippen LogP contribution >= 0.6 is 0 Å². The fourth-order valence-corrected chi connectivity index (χ4v) is 3.49. The molecule has 0 atom stereocenters. The number of rotatable bonds is 5. The number of nitrogens with zero attached hydrogens (tertiary/aromatic N) is 2. The zero-order valence-electron chi connectivity index (χ0n) is 10.9. The van der Waals surface area contributed by atoms with Crippen LogP contribution in [0.1, 0.15) is 19.4 Å². The van der Waals surface area contributed by atoms with Gasteiger partial charge in [0.25, 0.3) is 0 Å². The molecule has 7 heteroatoms. The second-order valence-corrected chi connectivity index (χ2v) is 6.16. The maximum atomic E-state index is 12.5. The predicted octanol–water partition coefficient (Wildman–Crippen LogP) is 0.532. The summed E-state index contributed by atoms with van der Waals surface area (Å²) >= 11 is 0. The monoisotopic (exact) mass is 283 g/mol. The summed E-state index contributed by atoms with van der Waals surface area (Å²) in [5, 5.41) is 18.0. The third kappa shape index (κ3) is 3.23. The molecule has 0 aliphatic rings. The fraction of sp³-hybridized carbons (Fsp3) is 0.417. The molecule has 0 unspecified atom stereocenters. The SMILES string of the molecule is CC(C)N(CCO)S(=O)(=O)c1ccc(N)cc1C#N. The van der Waals surface area contributed by atoms with Crippen LogP contribution in [0.5, 0.6) is 0 Å². The topological polar surface area (TPSA) is 107 Å². The first-order valence-corrected chi connectivity index (χ1v) is 7.21. The predicted molar refractivity (Wildman–Crippen MR) is 71.7 cm³/mol. The van der Waals surface area contributed by atoms with Gasteiger partial charge in [-0.1, -0.05) is 0 Å². The zero-order valence-corrected chi connectivity index (χ0v) is 11.7. The number of hydrogen-bond donors (Lipinski definition) is 2. The first-order valence-electron chi connectivity index (χ1n) is 5.77. The summed E-state index contributed by atoms with van der Waals surface area (Å²) in [4.78, 5) is -0.0913. The Kier molecular flexibility index (Phi) is 4.89. The normalized spacial score (nSPS) is 11.8. The highest BCUT2D eigenvalue weighted by atomic mass is 32.2. The molecule has 0 saturated carbocycles. The summed E-state index contributed by atoms with van der Waals surface area (Å²) < 4.78 is 26.1. The van der Waals surface area contributed by atoms with Gasteiger partial charge in [0, 0.05) is 18.3 Å². The number of nitrogens with two attached hydrogens (primary N) is 1. The lowest BCUT2D eigenvalue weighted by Crippen LogP contribution is -2.39. The number of benzene rings is 1. The lowest BCUT2D eigenvalue weighted by Gasteiger charge is -2.25. The zero-order chi connectivity index (χ0) is 14.6. The number of nitriles is 1. The molecule has 0 amide bonds. The van der Waals surface area contributed by atoms with E-state index >= 15 is 0 Å². The second-order valence-electron chi connectivity index (χ2n) is 4.30. The molecule has 1 rings (SSSR count). The van der Waals surface area contributed by atoms with Gasteiger partial charge in [-0.2, -0.15) is 9.57 Å². The van der Waals surface area contributed by atoms with E-state index in [0.29, 0.717) is 5.69 Å². The van der Waals surface area contributed by atoms with Gasteiger partial charge >= 0.3 is 0 Å². The molecule has 0 aliphatic heterocycles. The number of aliphatic hydroxyl groups is 1. The van der Waals surface area contributed by atoms with E-state index < -0.39 is 10.0 Å². The lowest BCUT2D eigenvalue weighted by molar-refractivity contribution is 0.236. The molecule has 0 radical (unpaired) electrons. The van der Waals surface area contributed by atoms with E-state index in [9.17, 15) is 8.42 Å². The molecule has 0 aromatic heterocycles. The van der Waals surface area contributed by atoms with Gasteiger partial charge in [0.05, 0.1) is 12.2 Å².